The van der Waals surface area contributed by atoms with Gasteiger partial charge in [-0.25, -0.2) is 0 Å². The lowest BCUT2D eigenvalue weighted by molar-refractivity contribution is 0.0490. The minimum atomic E-state index is 0.0913. The molecule has 1 saturated heterocycles. The van der Waals surface area contributed by atoms with E-state index in [1.807, 2.05) is 12.1 Å². The number of aromatic nitrogens is 1. The van der Waals surface area contributed by atoms with Gasteiger partial charge in [0.2, 0.25) is 0 Å². The van der Waals surface area contributed by atoms with Crippen molar-refractivity contribution < 1.29 is 4.74 Å². The van der Waals surface area contributed by atoms with Crippen molar-refractivity contribution in [2.45, 2.75) is 45.4 Å². The van der Waals surface area contributed by atoms with Crippen LogP contribution in [0.2, 0.25) is 0 Å². The van der Waals surface area contributed by atoms with E-state index >= 15 is 0 Å². The van der Waals surface area contributed by atoms with E-state index in [9.17, 15) is 0 Å². The van der Waals surface area contributed by atoms with Gasteiger partial charge < -0.3 is 10.5 Å². The molecule has 2 N–H and O–H groups in total. The molecule has 1 aromatic carbocycles. The Morgan fingerprint density at radius 3 is 2.57 bits per heavy atom. The second-order valence-corrected chi connectivity index (χ2v) is 6.35. The third-order valence-electron chi connectivity index (χ3n) is 4.91. The Labute approximate surface area is 126 Å². The largest absolute Gasteiger partial charge is 0.375 e. The van der Waals surface area contributed by atoms with Crippen molar-refractivity contribution in [2.75, 3.05) is 0 Å². The Kier molecular flexibility index (Phi) is 3.96. The molecule has 1 aliphatic rings. The Hall–Kier alpha value is -1.45. The molecule has 1 aliphatic heterocycles. The van der Waals surface area contributed by atoms with Crippen LogP contribution in [-0.2, 0) is 11.2 Å². The summed E-state index contributed by atoms with van der Waals surface area (Å²) >= 11 is 0. The molecule has 2 aromatic rings. The average Bonchev–Trinajstić information content (AvgIpc) is 2.72. The smallest absolute Gasteiger partial charge is 0.0705 e. The third kappa shape index (κ3) is 2.81. The standard InChI is InChI=1S/C18H24N2O/c1-11-12(2)21-13(3)18(11)16(19)10-15-9-8-14-6-4-5-7-17(14)20-15/h4-9,11-13,16,18H,10,19H2,1-3H3. The van der Waals surface area contributed by atoms with Crippen molar-refractivity contribution in [3.63, 3.8) is 0 Å². The Morgan fingerprint density at radius 1 is 1.10 bits per heavy atom. The van der Waals surface area contributed by atoms with Crippen LogP contribution in [-0.4, -0.2) is 23.2 Å². The summed E-state index contributed by atoms with van der Waals surface area (Å²) in [6.45, 7) is 6.52. The van der Waals surface area contributed by atoms with Crippen molar-refractivity contribution in [1.82, 2.24) is 4.98 Å². The van der Waals surface area contributed by atoms with Crippen molar-refractivity contribution >= 4 is 10.9 Å². The topological polar surface area (TPSA) is 48.1 Å². The van der Waals surface area contributed by atoms with E-state index in [1.54, 1.807) is 0 Å². The molecule has 5 atom stereocenters. The first-order chi connectivity index (χ1) is 10.1. The quantitative estimate of drug-likeness (QED) is 0.941. The number of pyridine rings is 1. The third-order valence-corrected chi connectivity index (χ3v) is 4.91. The first kappa shape index (κ1) is 14.5. The molecule has 3 rings (SSSR count). The highest BCUT2D eigenvalue weighted by Gasteiger charge is 2.40. The zero-order valence-corrected chi connectivity index (χ0v) is 13.0. The Morgan fingerprint density at radius 2 is 1.86 bits per heavy atom. The van der Waals surface area contributed by atoms with E-state index in [2.05, 4.69) is 45.0 Å². The summed E-state index contributed by atoms with van der Waals surface area (Å²) in [6.07, 6.45) is 1.33. The number of hydrogen-bond acceptors (Lipinski definition) is 3. The maximum Gasteiger partial charge on any atom is 0.0705 e. The molecule has 21 heavy (non-hydrogen) atoms. The van der Waals surface area contributed by atoms with Gasteiger partial charge in [-0.1, -0.05) is 31.2 Å². The molecule has 0 bridgehead atoms. The Bertz CT molecular complexity index is 627. The highest BCUT2D eigenvalue weighted by Crippen LogP contribution is 2.34. The normalized spacial score (nSPS) is 30.7. The highest BCUT2D eigenvalue weighted by molar-refractivity contribution is 5.78. The fourth-order valence-electron chi connectivity index (χ4n) is 3.63. The van der Waals surface area contributed by atoms with E-state index in [0.29, 0.717) is 17.9 Å². The first-order valence-corrected chi connectivity index (χ1v) is 7.82. The van der Waals surface area contributed by atoms with Gasteiger partial charge in [0, 0.05) is 29.5 Å². The molecule has 112 valence electrons. The van der Waals surface area contributed by atoms with Gasteiger partial charge in [0.25, 0.3) is 0 Å². The predicted octanol–water partition coefficient (Wildman–Crippen LogP) is 3.16. The van der Waals surface area contributed by atoms with Gasteiger partial charge in [-0.2, -0.15) is 0 Å². The number of hydrogen-bond donors (Lipinski definition) is 1. The van der Waals surface area contributed by atoms with E-state index in [-0.39, 0.29) is 12.1 Å². The van der Waals surface area contributed by atoms with Gasteiger partial charge in [-0.3, -0.25) is 4.98 Å². The number of para-hydroxylation sites is 1. The lowest BCUT2D eigenvalue weighted by Gasteiger charge is -2.25. The second-order valence-electron chi connectivity index (χ2n) is 6.35. The number of ether oxygens (including phenoxy) is 1. The molecule has 1 aromatic heterocycles. The van der Waals surface area contributed by atoms with E-state index in [4.69, 9.17) is 15.5 Å². The first-order valence-electron chi connectivity index (χ1n) is 7.82. The van der Waals surface area contributed by atoms with E-state index < -0.39 is 0 Å². The number of nitrogens with two attached hydrogens (primary N) is 1. The molecule has 0 radical (unpaired) electrons. The SMILES string of the molecule is CC1OC(C)C(C(N)Cc2ccc3ccccc3n2)C1C. The van der Waals surface area contributed by atoms with Gasteiger partial charge in [0.1, 0.15) is 0 Å². The van der Waals surface area contributed by atoms with Crippen molar-refractivity contribution in [2.24, 2.45) is 17.6 Å². The summed E-state index contributed by atoms with van der Waals surface area (Å²) in [6, 6.07) is 12.5. The molecule has 3 heteroatoms. The molecule has 3 nitrogen and oxygen atoms in total. The van der Waals surface area contributed by atoms with Crippen molar-refractivity contribution in [3.05, 3.63) is 42.1 Å². The summed E-state index contributed by atoms with van der Waals surface area (Å²) < 4.78 is 5.91. The van der Waals surface area contributed by atoms with E-state index in [0.717, 1.165) is 17.6 Å². The summed E-state index contributed by atoms with van der Waals surface area (Å²) in [5, 5.41) is 1.18. The molecule has 0 saturated carbocycles. The number of rotatable bonds is 3. The Balaban J connectivity index is 1.78. The van der Waals surface area contributed by atoms with Crippen LogP contribution in [0.5, 0.6) is 0 Å². The number of fused-ring (bicyclic) bond motifs is 1. The molecular formula is C18H24N2O. The molecule has 0 aliphatic carbocycles. The molecule has 1 fully saturated rings. The van der Waals surface area contributed by atoms with Gasteiger partial charge in [-0.05, 0) is 31.9 Å². The van der Waals surface area contributed by atoms with Crippen molar-refractivity contribution in [1.29, 1.82) is 0 Å². The maximum atomic E-state index is 6.48. The maximum absolute atomic E-state index is 6.48. The highest BCUT2D eigenvalue weighted by atomic mass is 16.5. The van der Waals surface area contributed by atoms with Gasteiger partial charge >= 0.3 is 0 Å². The zero-order valence-electron chi connectivity index (χ0n) is 13.0. The van der Waals surface area contributed by atoms with Crippen molar-refractivity contribution in [3.8, 4) is 0 Å². The summed E-state index contributed by atoms with van der Waals surface area (Å²) in [5.41, 5.74) is 8.59. The predicted molar refractivity (Wildman–Crippen MR) is 86.1 cm³/mol. The van der Waals surface area contributed by atoms with Gasteiger partial charge in [0.15, 0.2) is 0 Å². The minimum absolute atomic E-state index is 0.0913. The van der Waals surface area contributed by atoms with Crippen LogP contribution in [0.4, 0.5) is 0 Å². The summed E-state index contributed by atoms with van der Waals surface area (Å²) in [7, 11) is 0. The monoisotopic (exact) mass is 284 g/mol. The number of nitrogens with zero attached hydrogens (tertiary/aromatic N) is 1. The summed E-state index contributed by atoms with van der Waals surface area (Å²) in [4.78, 5) is 4.73. The second kappa shape index (κ2) is 5.74. The van der Waals surface area contributed by atoms with Gasteiger partial charge in [-0.15, -0.1) is 0 Å². The molecule has 0 spiro atoms. The lowest BCUT2D eigenvalue weighted by atomic mass is 9.82. The average molecular weight is 284 g/mol. The van der Waals surface area contributed by atoms with E-state index in [1.165, 1.54) is 5.39 Å². The van der Waals surface area contributed by atoms with Crippen LogP contribution in [0, 0.1) is 11.8 Å². The molecule has 0 amide bonds. The fourth-order valence-corrected chi connectivity index (χ4v) is 3.63. The van der Waals surface area contributed by atoms with Crippen LogP contribution < -0.4 is 5.73 Å². The summed E-state index contributed by atoms with van der Waals surface area (Å²) in [5.74, 6) is 0.892. The van der Waals surface area contributed by atoms with Crippen LogP contribution in [0.3, 0.4) is 0 Å². The van der Waals surface area contributed by atoms with Gasteiger partial charge in [0.05, 0.1) is 17.7 Å². The van der Waals surface area contributed by atoms with Crippen LogP contribution >= 0.6 is 0 Å². The molecule has 2 heterocycles. The molecular weight excluding hydrogens is 260 g/mol. The lowest BCUT2D eigenvalue weighted by Crippen LogP contribution is -2.39. The van der Waals surface area contributed by atoms with Crippen LogP contribution in [0.1, 0.15) is 26.5 Å². The minimum Gasteiger partial charge on any atom is -0.375 e. The zero-order chi connectivity index (χ0) is 15.0. The number of benzene rings is 1. The molecule has 5 unspecified atom stereocenters. The van der Waals surface area contributed by atoms with Crippen LogP contribution in [0.25, 0.3) is 10.9 Å². The fraction of sp³-hybridized carbons (Fsp3) is 0.500. The van der Waals surface area contributed by atoms with Crippen LogP contribution in [0.15, 0.2) is 36.4 Å².